The monoisotopic (exact) mass is 404 g/mol. The molecule has 1 atom stereocenters. The third-order valence-corrected chi connectivity index (χ3v) is 6.23. The highest BCUT2D eigenvalue weighted by Crippen LogP contribution is 2.23. The van der Waals surface area contributed by atoms with Gasteiger partial charge in [0.15, 0.2) is 0 Å². The van der Waals surface area contributed by atoms with Crippen molar-refractivity contribution in [1.29, 1.82) is 0 Å². The maximum absolute atomic E-state index is 13.0. The van der Waals surface area contributed by atoms with Crippen molar-refractivity contribution in [3.05, 3.63) is 52.5 Å². The average molecular weight is 405 g/mol. The number of hydrogen-bond acceptors (Lipinski definition) is 5. The zero-order valence-corrected chi connectivity index (χ0v) is 16.6. The first kappa shape index (κ1) is 19.4. The Morgan fingerprint density at radius 2 is 1.96 bits per heavy atom. The number of likely N-dealkylation sites (tertiary alicyclic amines) is 1. The molecule has 28 heavy (non-hydrogen) atoms. The number of carbonyl (C=O) groups is 1. The second kappa shape index (κ2) is 9.03. The molecule has 0 unspecified atom stereocenters. The molecule has 5 nitrogen and oxygen atoms in total. The van der Waals surface area contributed by atoms with E-state index in [0.29, 0.717) is 18.9 Å². The number of ether oxygens (including phenoxy) is 2. The average Bonchev–Trinajstić information content (AvgIpc) is 3.22. The molecule has 1 aromatic carbocycles. The van der Waals surface area contributed by atoms with Crippen LogP contribution in [0.2, 0.25) is 0 Å². The van der Waals surface area contributed by atoms with Crippen molar-refractivity contribution < 1.29 is 18.7 Å². The summed E-state index contributed by atoms with van der Waals surface area (Å²) in [5.41, 5.74) is 0. The fourth-order valence-electron chi connectivity index (χ4n) is 3.83. The zero-order chi connectivity index (χ0) is 19.3. The predicted octanol–water partition coefficient (Wildman–Crippen LogP) is 3.16. The Balaban J connectivity index is 1.26. The molecule has 0 spiro atoms. The minimum atomic E-state index is -0.288. The van der Waals surface area contributed by atoms with E-state index in [2.05, 4.69) is 22.4 Å². The minimum Gasteiger partial charge on any atom is -0.491 e. The summed E-state index contributed by atoms with van der Waals surface area (Å²) in [7, 11) is 0. The fourth-order valence-corrected chi connectivity index (χ4v) is 4.58. The highest BCUT2D eigenvalue weighted by atomic mass is 32.1. The molecule has 0 saturated carbocycles. The fraction of sp³-hybridized carbons (Fsp3) is 0.476. The molecule has 2 fully saturated rings. The number of benzene rings is 1. The van der Waals surface area contributed by atoms with Crippen molar-refractivity contribution in [2.45, 2.75) is 31.5 Å². The molecule has 0 N–H and O–H groups in total. The van der Waals surface area contributed by atoms with Gasteiger partial charge in [0.1, 0.15) is 30.9 Å². The van der Waals surface area contributed by atoms with Crippen LogP contribution >= 0.6 is 11.3 Å². The van der Waals surface area contributed by atoms with Gasteiger partial charge in [0.2, 0.25) is 5.91 Å². The number of nitrogens with zero attached hydrogens (tertiary/aromatic N) is 2. The summed E-state index contributed by atoms with van der Waals surface area (Å²) in [4.78, 5) is 18.2. The maximum Gasteiger partial charge on any atom is 0.248 e. The Morgan fingerprint density at radius 1 is 1.18 bits per heavy atom. The molecular formula is C21H25FN2O3S. The Kier molecular flexibility index (Phi) is 6.24. The third kappa shape index (κ3) is 4.90. The molecule has 2 aliphatic heterocycles. The quantitative estimate of drug-likeness (QED) is 0.742. The first-order valence-corrected chi connectivity index (χ1v) is 10.6. The van der Waals surface area contributed by atoms with Crippen LogP contribution in [-0.4, -0.2) is 60.7 Å². The van der Waals surface area contributed by atoms with Crippen LogP contribution in [0.4, 0.5) is 4.39 Å². The summed E-state index contributed by atoms with van der Waals surface area (Å²) in [6.45, 7) is 4.01. The molecular weight excluding hydrogens is 379 g/mol. The van der Waals surface area contributed by atoms with Crippen LogP contribution in [0.3, 0.4) is 0 Å². The molecule has 2 aliphatic rings. The van der Waals surface area contributed by atoms with E-state index < -0.39 is 0 Å². The number of piperidine rings is 1. The molecule has 0 bridgehead atoms. The molecule has 2 aromatic rings. The van der Waals surface area contributed by atoms with Crippen LogP contribution in [0.5, 0.6) is 5.75 Å². The molecule has 3 heterocycles. The van der Waals surface area contributed by atoms with Gasteiger partial charge >= 0.3 is 0 Å². The highest BCUT2D eigenvalue weighted by molar-refractivity contribution is 7.09. The number of rotatable bonds is 6. The van der Waals surface area contributed by atoms with Gasteiger partial charge in [0.25, 0.3) is 0 Å². The topological polar surface area (TPSA) is 42.0 Å². The van der Waals surface area contributed by atoms with Crippen molar-refractivity contribution in [3.63, 3.8) is 0 Å². The molecule has 7 heteroatoms. The molecule has 1 aromatic heterocycles. The smallest absolute Gasteiger partial charge is 0.248 e. The normalized spacial score (nSPS) is 21.8. The van der Waals surface area contributed by atoms with Gasteiger partial charge in [-0.25, -0.2) is 4.39 Å². The van der Waals surface area contributed by atoms with Gasteiger partial charge in [-0.1, -0.05) is 6.07 Å². The van der Waals surface area contributed by atoms with Gasteiger partial charge in [-0.3, -0.25) is 9.69 Å². The lowest BCUT2D eigenvalue weighted by Crippen LogP contribution is -2.55. The number of carbonyl (C=O) groups excluding carboxylic acids is 1. The SMILES string of the molecule is O=C1CO[C@@H](COc2ccc(F)cc2)CN1C1CCN(Cc2cccs2)CC1. The van der Waals surface area contributed by atoms with Crippen molar-refractivity contribution in [3.8, 4) is 5.75 Å². The van der Waals surface area contributed by atoms with E-state index in [9.17, 15) is 9.18 Å². The number of halogens is 1. The second-order valence-corrected chi connectivity index (χ2v) is 8.36. The van der Waals surface area contributed by atoms with Crippen LogP contribution in [0, 0.1) is 5.82 Å². The molecule has 0 aliphatic carbocycles. The Morgan fingerprint density at radius 3 is 2.68 bits per heavy atom. The van der Waals surface area contributed by atoms with Crippen molar-refractivity contribution >= 4 is 17.2 Å². The summed E-state index contributed by atoms with van der Waals surface area (Å²) >= 11 is 1.79. The molecule has 1 amide bonds. The van der Waals surface area contributed by atoms with Gasteiger partial charge in [-0.15, -0.1) is 11.3 Å². The number of hydrogen-bond donors (Lipinski definition) is 0. The standard InChI is InChI=1S/C21H25FN2O3S/c22-16-3-5-18(6-4-16)26-14-19-12-24(21(25)15-27-19)17-7-9-23(10-8-17)13-20-2-1-11-28-20/h1-6,11,17,19H,7-10,12-15H2/t19-/m1/s1. The lowest BCUT2D eigenvalue weighted by Gasteiger charge is -2.42. The van der Waals surface area contributed by atoms with E-state index in [1.165, 1.54) is 17.0 Å². The third-order valence-electron chi connectivity index (χ3n) is 5.37. The van der Waals surface area contributed by atoms with Gasteiger partial charge in [-0.05, 0) is 48.6 Å². The molecule has 0 radical (unpaired) electrons. The summed E-state index contributed by atoms with van der Waals surface area (Å²) in [5.74, 6) is 0.383. The minimum absolute atomic E-state index is 0.0646. The lowest BCUT2D eigenvalue weighted by molar-refractivity contribution is -0.155. The van der Waals surface area contributed by atoms with E-state index in [0.717, 1.165) is 32.5 Å². The summed E-state index contributed by atoms with van der Waals surface area (Å²) < 4.78 is 24.3. The van der Waals surface area contributed by atoms with Crippen LogP contribution in [0.15, 0.2) is 41.8 Å². The zero-order valence-electron chi connectivity index (χ0n) is 15.8. The molecule has 4 rings (SSSR count). The Hall–Kier alpha value is -1.96. The molecule has 2 saturated heterocycles. The van der Waals surface area contributed by atoms with Gasteiger partial charge in [0, 0.05) is 30.6 Å². The van der Waals surface area contributed by atoms with E-state index >= 15 is 0 Å². The van der Waals surface area contributed by atoms with Crippen molar-refractivity contribution in [2.75, 3.05) is 32.8 Å². The Bertz CT molecular complexity index is 760. The van der Waals surface area contributed by atoms with Crippen LogP contribution in [0.25, 0.3) is 0 Å². The van der Waals surface area contributed by atoms with Crippen LogP contribution in [0.1, 0.15) is 17.7 Å². The van der Waals surface area contributed by atoms with Gasteiger partial charge < -0.3 is 14.4 Å². The van der Waals surface area contributed by atoms with Crippen molar-refractivity contribution in [1.82, 2.24) is 9.80 Å². The summed E-state index contributed by atoms with van der Waals surface area (Å²) in [6, 6.07) is 10.5. The Labute approximate surface area is 168 Å². The predicted molar refractivity (Wildman–Crippen MR) is 106 cm³/mol. The summed E-state index contributed by atoms with van der Waals surface area (Å²) in [5, 5.41) is 2.11. The lowest BCUT2D eigenvalue weighted by atomic mass is 10.0. The largest absolute Gasteiger partial charge is 0.491 e. The van der Waals surface area contributed by atoms with E-state index in [4.69, 9.17) is 9.47 Å². The first-order valence-electron chi connectivity index (χ1n) is 9.71. The van der Waals surface area contributed by atoms with Crippen LogP contribution in [-0.2, 0) is 16.1 Å². The van der Waals surface area contributed by atoms with Gasteiger partial charge in [-0.2, -0.15) is 0 Å². The van der Waals surface area contributed by atoms with E-state index in [1.54, 1.807) is 23.5 Å². The first-order chi connectivity index (χ1) is 13.7. The number of amides is 1. The number of thiophene rings is 1. The van der Waals surface area contributed by atoms with Crippen LogP contribution < -0.4 is 4.74 Å². The highest BCUT2D eigenvalue weighted by Gasteiger charge is 2.33. The van der Waals surface area contributed by atoms with E-state index in [1.807, 2.05) is 4.90 Å². The maximum atomic E-state index is 13.0. The second-order valence-electron chi connectivity index (χ2n) is 7.33. The number of morpholine rings is 1. The van der Waals surface area contributed by atoms with Crippen molar-refractivity contribution in [2.24, 2.45) is 0 Å². The van der Waals surface area contributed by atoms with E-state index in [-0.39, 0.29) is 30.5 Å². The summed E-state index contributed by atoms with van der Waals surface area (Å²) in [6.07, 6.45) is 1.82. The molecule has 150 valence electrons. The van der Waals surface area contributed by atoms with Gasteiger partial charge in [0.05, 0.1) is 6.54 Å².